The van der Waals surface area contributed by atoms with Gasteiger partial charge in [0, 0.05) is 55.7 Å². The molecule has 0 aliphatic carbocycles. The van der Waals surface area contributed by atoms with E-state index >= 15 is 0 Å². The first-order valence-corrected chi connectivity index (χ1v) is 20.5. The largest absolute Gasteiger partial charge is 0.508 e. The van der Waals surface area contributed by atoms with E-state index in [2.05, 4.69) is 17.5 Å². The van der Waals surface area contributed by atoms with Gasteiger partial charge in [0.1, 0.15) is 5.75 Å². The number of rotatable bonds is 6. The molecule has 0 amide bonds. The van der Waals surface area contributed by atoms with Crippen LogP contribution < -0.4 is 5.43 Å². The van der Waals surface area contributed by atoms with Crippen molar-refractivity contribution in [2.45, 2.75) is 66.7 Å². The zero-order chi connectivity index (χ0) is 40.8. The second-order valence-electron chi connectivity index (χ2n) is 12.0. The zero-order valence-electron chi connectivity index (χ0n) is 33.5. The van der Waals surface area contributed by atoms with Crippen LogP contribution in [-0.4, -0.2) is 53.4 Å². The van der Waals surface area contributed by atoms with Crippen LogP contribution in [0.5, 0.6) is 5.75 Å². The van der Waals surface area contributed by atoms with Gasteiger partial charge in [-0.25, -0.2) is 0 Å². The molecule has 7 rings (SSSR count). The summed E-state index contributed by atoms with van der Waals surface area (Å²) < 4.78 is 7.46. The number of hydrogen-bond acceptors (Lipinski definition) is 8. The standard InChI is InChI=1S/C15H21NO2S.C13H10O2.C13H8OS.3C2H6/c1-15(2,16-7-9-18-10-8-16)14(17)13-5-3-12(11-19)4-6-13;14-12-8-6-11(7-9-12)13(15)10-4-2-1-3-5-10;14-13-9-5-1-3-7-11(9)15-12-8-4-2-6-10(12)13;3*1-2/h3-6,19H,7-11H2,1-2H3;1-9,14H;1-8H;3*1-2H3. The predicted octanol–water partition coefficient (Wildman–Crippen LogP) is 11.5. The summed E-state index contributed by atoms with van der Waals surface area (Å²) in [6.45, 7) is 19.0. The van der Waals surface area contributed by atoms with Crippen molar-refractivity contribution in [2.75, 3.05) is 26.3 Å². The van der Waals surface area contributed by atoms with E-state index < -0.39 is 5.54 Å². The van der Waals surface area contributed by atoms with E-state index in [0.717, 1.165) is 44.4 Å². The topological polar surface area (TPSA) is 83.9 Å². The zero-order valence-corrected chi connectivity index (χ0v) is 35.3. The number of ketones is 2. The number of phenols is 1. The smallest absolute Gasteiger partial charge is 0.195 e. The average molecular weight is 780 g/mol. The highest BCUT2D eigenvalue weighted by Gasteiger charge is 2.35. The number of morpholine rings is 1. The molecule has 1 aliphatic rings. The summed E-state index contributed by atoms with van der Waals surface area (Å²) in [6, 6.07) is 38.6. The van der Waals surface area contributed by atoms with Crippen LogP contribution in [0.4, 0.5) is 0 Å². The minimum absolute atomic E-state index is 0.0319. The van der Waals surface area contributed by atoms with E-state index in [1.54, 1.807) is 35.6 Å². The fourth-order valence-electron chi connectivity index (χ4n) is 5.50. The summed E-state index contributed by atoms with van der Waals surface area (Å²) in [4.78, 5) is 38.8. The first-order chi connectivity index (χ1) is 26.7. The Bertz CT molecular complexity index is 2010. The van der Waals surface area contributed by atoms with E-state index in [-0.39, 0.29) is 22.7 Å². The first kappa shape index (κ1) is 46.6. The summed E-state index contributed by atoms with van der Waals surface area (Å²) in [5.74, 6) is 0.997. The molecule has 55 heavy (non-hydrogen) atoms. The second kappa shape index (κ2) is 24.7. The Balaban J connectivity index is 0.000000268. The molecule has 1 fully saturated rings. The molecular weight excluding hydrogens is 723 g/mol. The van der Waals surface area contributed by atoms with Gasteiger partial charge in [-0.2, -0.15) is 12.6 Å². The molecular formula is C47H57NO5S2. The fourth-order valence-corrected chi connectivity index (χ4v) is 6.78. The molecule has 0 unspecified atom stereocenters. The molecule has 5 aromatic carbocycles. The van der Waals surface area contributed by atoms with Gasteiger partial charge in [0.15, 0.2) is 17.0 Å². The maximum atomic E-state index is 12.7. The molecule has 1 N–H and O–H groups in total. The van der Waals surface area contributed by atoms with Gasteiger partial charge >= 0.3 is 0 Å². The molecule has 6 nitrogen and oxygen atoms in total. The second-order valence-corrected chi connectivity index (χ2v) is 13.4. The minimum atomic E-state index is -0.480. The number of ether oxygens (including phenoxy) is 1. The Hall–Kier alpha value is -4.60. The van der Waals surface area contributed by atoms with E-state index in [1.165, 1.54) is 12.1 Å². The first-order valence-electron chi connectivity index (χ1n) is 19.1. The van der Waals surface area contributed by atoms with Crippen molar-refractivity contribution in [1.82, 2.24) is 4.90 Å². The third-order valence-corrected chi connectivity index (χ3v) is 9.92. The third-order valence-electron chi connectivity index (χ3n) is 8.40. The summed E-state index contributed by atoms with van der Waals surface area (Å²) in [5, 5.41) is 10.7. The number of carbonyl (C=O) groups is 2. The van der Waals surface area contributed by atoms with Crippen molar-refractivity contribution in [2.24, 2.45) is 0 Å². The van der Waals surface area contributed by atoms with E-state index in [4.69, 9.17) is 9.84 Å². The number of thiol groups is 1. The Morgan fingerprint density at radius 3 is 1.58 bits per heavy atom. The quantitative estimate of drug-likeness (QED) is 0.0995. The van der Waals surface area contributed by atoms with Crippen molar-refractivity contribution >= 4 is 55.7 Å². The Labute approximate surface area is 337 Å². The fraction of sp³-hybridized carbons (Fsp3) is 0.298. The maximum absolute atomic E-state index is 12.7. The SMILES string of the molecule is CC.CC.CC.CC(C)(C(=O)c1ccc(CS)cc1)N1CCOCC1.O=C(c1ccccc1)c1ccc(O)cc1.O=c1c2ccccc2sc2ccccc12. The van der Waals surface area contributed by atoms with Gasteiger partial charge in [0.25, 0.3) is 0 Å². The lowest BCUT2D eigenvalue weighted by Gasteiger charge is -2.39. The number of fused-ring (bicyclic) bond motifs is 2. The van der Waals surface area contributed by atoms with Crippen LogP contribution in [-0.2, 0) is 10.5 Å². The van der Waals surface area contributed by atoms with Crippen LogP contribution in [0.3, 0.4) is 0 Å². The predicted molar refractivity (Wildman–Crippen MR) is 238 cm³/mol. The Morgan fingerprint density at radius 2 is 1.09 bits per heavy atom. The Kier molecular flexibility index (Phi) is 20.9. The Morgan fingerprint density at radius 1 is 0.655 bits per heavy atom. The number of phenolic OH excluding ortho intramolecular Hbond substituents is 1. The van der Waals surface area contributed by atoms with E-state index in [1.807, 2.05) is 146 Å². The number of Topliss-reactive ketones (excluding diaryl/α,β-unsaturated/α-hetero) is 1. The van der Waals surface area contributed by atoms with Crippen molar-refractivity contribution in [3.63, 3.8) is 0 Å². The van der Waals surface area contributed by atoms with Crippen LogP contribution in [0.25, 0.3) is 20.2 Å². The number of aromatic hydroxyl groups is 1. The number of carbonyl (C=O) groups excluding carboxylic acids is 2. The lowest BCUT2D eigenvalue weighted by Crippen LogP contribution is -2.54. The molecule has 0 saturated carbocycles. The van der Waals surface area contributed by atoms with Gasteiger partial charge < -0.3 is 9.84 Å². The van der Waals surface area contributed by atoms with Crippen molar-refractivity contribution in [1.29, 1.82) is 0 Å². The lowest BCUT2D eigenvalue weighted by atomic mass is 9.90. The maximum Gasteiger partial charge on any atom is 0.195 e. The molecule has 2 heterocycles. The van der Waals surface area contributed by atoms with Gasteiger partial charge in [0.05, 0.1) is 18.8 Å². The van der Waals surface area contributed by atoms with Crippen LogP contribution in [0.1, 0.15) is 87.2 Å². The molecule has 1 aliphatic heterocycles. The minimum Gasteiger partial charge on any atom is -0.508 e. The van der Waals surface area contributed by atoms with Crippen molar-refractivity contribution in [3.8, 4) is 5.75 Å². The monoisotopic (exact) mass is 779 g/mol. The van der Waals surface area contributed by atoms with Gasteiger partial charge in [-0.15, -0.1) is 11.3 Å². The highest BCUT2D eigenvalue weighted by Crippen LogP contribution is 2.24. The van der Waals surface area contributed by atoms with E-state index in [9.17, 15) is 14.4 Å². The van der Waals surface area contributed by atoms with Crippen LogP contribution >= 0.6 is 24.0 Å². The summed E-state index contributed by atoms with van der Waals surface area (Å²) >= 11 is 5.89. The number of hydrogen-bond donors (Lipinski definition) is 2. The molecule has 0 spiro atoms. The molecule has 8 heteroatoms. The third kappa shape index (κ3) is 13.3. The average Bonchev–Trinajstić information content (AvgIpc) is 3.27. The molecule has 292 valence electrons. The molecule has 0 atom stereocenters. The molecule has 0 bridgehead atoms. The molecule has 1 saturated heterocycles. The van der Waals surface area contributed by atoms with Gasteiger partial charge in [-0.1, -0.05) is 120 Å². The van der Waals surface area contributed by atoms with Crippen LogP contribution in [0.15, 0.2) is 132 Å². The highest BCUT2D eigenvalue weighted by atomic mass is 32.1. The summed E-state index contributed by atoms with van der Waals surface area (Å²) in [5.41, 5.74) is 2.79. The summed E-state index contributed by atoms with van der Waals surface area (Å²) in [7, 11) is 0. The number of benzene rings is 5. The van der Waals surface area contributed by atoms with E-state index in [0.29, 0.717) is 30.1 Å². The summed E-state index contributed by atoms with van der Waals surface area (Å²) in [6.07, 6.45) is 0. The van der Waals surface area contributed by atoms with Gasteiger partial charge in [-0.05, 0) is 67.9 Å². The molecule has 6 aromatic rings. The van der Waals surface area contributed by atoms with Crippen molar-refractivity contribution < 1.29 is 19.4 Å². The molecule has 0 radical (unpaired) electrons. The van der Waals surface area contributed by atoms with Gasteiger partial charge in [-0.3, -0.25) is 19.3 Å². The van der Waals surface area contributed by atoms with Gasteiger partial charge in [0.2, 0.25) is 0 Å². The normalized spacial score (nSPS) is 12.0. The molecule has 1 aromatic heterocycles. The highest BCUT2D eigenvalue weighted by molar-refractivity contribution is 7.79. The van der Waals surface area contributed by atoms with Crippen molar-refractivity contribution in [3.05, 3.63) is 160 Å². The number of nitrogens with zero attached hydrogens (tertiary/aromatic N) is 1. The lowest BCUT2D eigenvalue weighted by molar-refractivity contribution is -0.00430. The van der Waals surface area contributed by atoms with Crippen LogP contribution in [0.2, 0.25) is 0 Å². The van der Waals surface area contributed by atoms with Crippen LogP contribution in [0, 0.1) is 0 Å².